The van der Waals surface area contributed by atoms with E-state index in [2.05, 4.69) is 56.2 Å². The average molecular weight is 550 g/mol. The Bertz CT molecular complexity index is 858. The van der Waals surface area contributed by atoms with Crippen LogP contribution in [0.4, 0.5) is 0 Å². The zero-order valence-corrected chi connectivity index (χ0v) is 21.5. The molecule has 32 heavy (non-hydrogen) atoms. The molecule has 174 valence electrons. The van der Waals surface area contributed by atoms with Crippen LogP contribution in [-0.4, -0.2) is 49.5 Å². The number of carbonyl (C=O) groups excluding carboxylic acids is 1. The Morgan fingerprint density at radius 2 is 1.84 bits per heavy atom. The average Bonchev–Trinajstić information content (AvgIpc) is 3.25. The van der Waals surface area contributed by atoms with Gasteiger partial charge in [-0.15, -0.1) is 24.0 Å². The van der Waals surface area contributed by atoms with Crippen LogP contribution in [0.15, 0.2) is 59.6 Å². The zero-order valence-electron chi connectivity index (χ0n) is 19.1. The van der Waals surface area contributed by atoms with E-state index in [1.54, 1.807) is 7.05 Å². The molecule has 0 saturated carbocycles. The van der Waals surface area contributed by atoms with Gasteiger partial charge in [-0.1, -0.05) is 49.4 Å². The summed E-state index contributed by atoms with van der Waals surface area (Å²) in [5, 5.41) is 9.78. The molecule has 3 N–H and O–H groups in total. The molecule has 2 aromatic carbocycles. The molecule has 0 aliphatic carbocycles. The molecule has 1 atom stereocenters. The van der Waals surface area contributed by atoms with E-state index < -0.39 is 0 Å². The molecule has 1 amide bonds. The highest BCUT2D eigenvalue weighted by molar-refractivity contribution is 14.0. The number of rotatable bonds is 9. The number of aliphatic imine (C=N–C) groups is 1. The quantitative estimate of drug-likeness (QED) is 0.253. The van der Waals surface area contributed by atoms with Gasteiger partial charge in [0.2, 0.25) is 0 Å². The van der Waals surface area contributed by atoms with E-state index in [9.17, 15) is 4.79 Å². The second kappa shape index (κ2) is 14.1. The van der Waals surface area contributed by atoms with Gasteiger partial charge in [-0.2, -0.15) is 0 Å². The number of likely N-dealkylation sites (tertiary alicyclic amines) is 1. The summed E-state index contributed by atoms with van der Waals surface area (Å²) in [6, 6.07) is 18.9. The lowest BCUT2D eigenvalue weighted by molar-refractivity contribution is 0.0953. The molecule has 1 fully saturated rings. The van der Waals surface area contributed by atoms with Gasteiger partial charge in [0, 0.05) is 44.8 Å². The van der Waals surface area contributed by atoms with Crippen molar-refractivity contribution in [3.8, 4) is 0 Å². The lowest BCUT2D eigenvalue weighted by Crippen LogP contribution is -2.44. The van der Waals surface area contributed by atoms with Crippen molar-refractivity contribution in [1.29, 1.82) is 0 Å². The number of amides is 1. The summed E-state index contributed by atoms with van der Waals surface area (Å²) in [6.45, 7) is 6.36. The smallest absolute Gasteiger partial charge is 0.251 e. The fourth-order valence-electron chi connectivity index (χ4n) is 3.94. The van der Waals surface area contributed by atoms with Crippen molar-refractivity contribution in [3.05, 3.63) is 71.3 Å². The molecule has 1 heterocycles. The Labute approximate surface area is 209 Å². The maximum atomic E-state index is 12.2. The van der Waals surface area contributed by atoms with Crippen molar-refractivity contribution in [3.63, 3.8) is 0 Å². The van der Waals surface area contributed by atoms with Crippen molar-refractivity contribution < 1.29 is 4.79 Å². The lowest BCUT2D eigenvalue weighted by atomic mass is 10.1. The van der Waals surface area contributed by atoms with Crippen LogP contribution < -0.4 is 16.0 Å². The van der Waals surface area contributed by atoms with Gasteiger partial charge in [0.05, 0.1) is 0 Å². The molecule has 3 rings (SSSR count). The predicted octanol–water partition coefficient (Wildman–Crippen LogP) is 3.77. The van der Waals surface area contributed by atoms with Gasteiger partial charge >= 0.3 is 0 Å². The highest BCUT2D eigenvalue weighted by Gasteiger charge is 2.24. The molecular weight excluding hydrogens is 513 g/mol. The zero-order chi connectivity index (χ0) is 21.9. The molecule has 1 aliphatic rings. The van der Waals surface area contributed by atoms with E-state index in [-0.39, 0.29) is 29.9 Å². The predicted molar refractivity (Wildman–Crippen MR) is 143 cm³/mol. The SMILES string of the molecule is CCCNC(=O)c1cccc(CNC(=NC)NCC2CCCN2Cc2ccccc2)c1.I. The van der Waals surface area contributed by atoms with Gasteiger partial charge in [0.25, 0.3) is 5.91 Å². The molecule has 1 saturated heterocycles. The normalized spacial score (nSPS) is 16.3. The molecule has 2 aromatic rings. The summed E-state index contributed by atoms with van der Waals surface area (Å²) in [5.41, 5.74) is 3.11. The van der Waals surface area contributed by atoms with Crippen molar-refractivity contribution in [2.45, 2.75) is 45.3 Å². The summed E-state index contributed by atoms with van der Waals surface area (Å²) in [6.07, 6.45) is 3.36. The maximum absolute atomic E-state index is 12.2. The number of hydrogen-bond donors (Lipinski definition) is 3. The van der Waals surface area contributed by atoms with Gasteiger partial charge < -0.3 is 16.0 Å². The second-order valence-electron chi connectivity index (χ2n) is 8.02. The Morgan fingerprint density at radius 1 is 1.06 bits per heavy atom. The summed E-state index contributed by atoms with van der Waals surface area (Å²) < 4.78 is 0. The summed E-state index contributed by atoms with van der Waals surface area (Å²) in [5.74, 6) is 0.762. The number of halogens is 1. The Morgan fingerprint density at radius 3 is 2.59 bits per heavy atom. The molecule has 0 radical (unpaired) electrons. The first-order chi connectivity index (χ1) is 15.2. The highest BCUT2D eigenvalue weighted by Crippen LogP contribution is 2.19. The topological polar surface area (TPSA) is 68.8 Å². The first kappa shape index (κ1) is 26.1. The molecule has 0 bridgehead atoms. The van der Waals surface area contributed by atoms with Crippen molar-refractivity contribution in [1.82, 2.24) is 20.9 Å². The fraction of sp³-hybridized carbons (Fsp3) is 0.440. The highest BCUT2D eigenvalue weighted by atomic mass is 127. The maximum Gasteiger partial charge on any atom is 0.251 e. The minimum absolute atomic E-state index is 0. The molecule has 0 spiro atoms. The minimum atomic E-state index is -0.0223. The molecule has 0 aromatic heterocycles. The van der Waals surface area contributed by atoms with Crippen LogP contribution >= 0.6 is 24.0 Å². The van der Waals surface area contributed by atoms with Gasteiger partial charge in [0.1, 0.15) is 0 Å². The van der Waals surface area contributed by atoms with Crippen LogP contribution in [0.5, 0.6) is 0 Å². The van der Waals surface area contributed by atoms with Gasteiger partial charge in [0.15, 0.2) is 5.96 Å². The molecule has 1 unspecified atom stereocenters. The van der Waals surface area contributed by atoms with E-state index in [1.165, 1.54) is 18.4 Å². The van der Waals surface area contributed by atoms with E-state index in [4.69, 9.17) is 0 Å². The second-order valence-corrected chi connectivity index (χ2v) is 8.02. The van der Waals surface area contributed by atoms with Crippen molar-refractivity contribution in [2.75, 3.05) is 26.7 Å². The molecular formula is C25H36IN5O. The monoisotopic (exact) mass is 549 g/mol. The van der Waals surface area contributed by atoms with Crippen LogP contribution in [0.3, 0.4) is 0 Å². The minimum Gasteiger partial charge on any atom is -0.355 e. The number of guanidine groups is 1. The van der Waals surface area contributed by atoms with Gasteiger partial charge in [-0.3, -0.25) is 14.7 Å². The molecule has 1 aliphatic heterocycles. The largest absolute Gasteiger partial charge is 0.355 e. The third-order valence-electron chi connectivity index (χ3n) is 5.64. The third kappa shape index (κ3) is 8.09. The number of benzene rings is 2. The van der Waals surface area contributed by atoms with Crippen LogP contribution in [0.25, 0.3) is 0 Å². The van der Waals surface area contributed by atoms with Crippen LogP contribution in [0.1, 0.15) is 47.7 Å². The van der Waals surface area contributed by atoms with Crippen molar-refractivity contribution in [2.24, 2.45) is 4.99 Å². The summed E-state index contributed by atoms with van der Waals surface area (Å²) in [7, 11) is 1.79. The van der Waals surface area contributed by atoms with Crippen molar-refractivity contribution >= 4 is 35.8 Å². The first-order valence-electron chi connectivity index (χ1n) is 11.3. The standard InChI is InChI=1S/C25H35N5O.HI/c1-3-14-27-24(31)22-12-7-11-21(16-22)17-28-25(26-2)29-18-23-13-8-15-30(23)19-20-9-5-4-6-10-20;/h4-7,9-12,16,23H,3,8,13-15,17-19H2,1-2H3,(H,27,31)(H2,26,28,29);1H. The number of hydrogen-bond acceptors (Lipinski definition) is 3. The summed E-state index contributed by atoms with van der Waals surface area (Å²) in [4.78, 5) is 19.1. The van der Waals surface area contributed by atoms with Gasteiger partial charge in [-0.25, -0.2) is 0 Å². The van der Waals surface area contributed by atoms with E-state index >= 15 is 0 Å². The molecule has 7 heteroatoms. The number of carbonyl (C=O) groups is 1. The van der Waals surface area contributed by atoms with E-state index in [0.717, 1.165) is 37.6 Å². The van der Waals surface area contributed by atoms with E-state index in [0.29, 0.717) is 24.7 Å². The third-order valence-corrected chi connectivity index (χ3v) is 5.64. The number of nitrogens with one attached hydrogen (secondary N) is 3. The van der Waals surface area contributed by atoms with Crippen LogP contribution in [0.2, 0.25) is 0 Å². The Hall–Kier alpha value is -2.13. The first-order valence-corrected chi connectivity index (χ1v) is 11.3. The molecule has 6 nitrogen and oxygen atoms in total. The van der Waals surface area contributed by atoms with Gasteiger partial charge in [-0.05, 0) is 49.1 Å². The van der Waals surface area contributed by atoms with Crippen LogP contribution in [0, 0.1) is 0 Å². The Kier molecular flexibility index (Phi) is 11.5. The van der Waals surface area contributed by atoms with E-state index in [1.807, 2.05) is 31.2 Å². The fourth-order valence-corrected chi connectivity index (χ4v) is 3.94. The summed E-state index contributed by atoms with van der Waals surface area (Å²) >= 11 is 0. The number of nitrogens with zero attached hydrogens (tertiary/aromatic N) is 2. The van der Waals surface area contributed by atoms with Crippen LogP contribution in [-0.2, 0) is 13.1 Å². The Balaban J connectivity index is 0.00000363. The lowest BCUT2D eigenvalue weighted by Gasteiger charge is -2.25.